The summed E-state index contributed by atoms with van der Waals surface area (Å²) in [5.41, 5.74) is 3.20. The van der Waals surface area contributed by atoms with Crippen molar-refractivity contribution < 1.29 is 19.8 Å². The van der Waals surface area contributed by atoms with Crippen LogP contribution in [0.3, 0.4) is 0 Å². The van der Waals surface area contributed by atoms with Gasteiger partial charge < -0.3 is 15.1 Å². The Bertz CT molecular complexity index is 1520. The lowest BCUT2D eigenvalue weighted by Gasteiger charge is -2.46. The lowest BCUT2D eigenvalue weighted by Crippen LogP contribution is -2.63. The number of rotatable bonds is 10. The molecule has 0 spiro atoms. The summed E-state index contributed by atoms with van der Waals surface area (Å²) < 4.78 is 1.92. The zero-order valence-corrected chi connectivity index (χ0v) is 24.2. The molecule has 42 heavy (non-hydrogen) atoms. The maximum absolute atomic E-state index is 12.7. The Kier molecular flexibility index (Phi) is 7.47. The molecular weight excluding hydrogens is 548 g/mol. The number of aliphatic hydroxyl groups excluding tert-OH is 1. The normalized spacial score (nSPS) is 20.8. The van der Waals surface area contributed by atoms with E-state index in [1.807, 2.05) is 72.4 Å². The number of carbonyl (C=O) groups is 2. The van der Waals surface area contributed by atoms with Gasteiger partial charge in [-0.3, -0.25) is 4.79 Å². The highest BCUT2D eigenvalue weighted by molar-refractivity contribution is 8.03. The van der Waals surface area contributed by atoms with Gasteiger partial charge in [-0.25, -0.2) is 9.48 Å². The molecule has 0 aliphatic carbocycles. The number of carboxylic acid groups (broad SMARTS) is 1. The molecule has 4 aromatic rings. The zero-order valence-electron chi connectivity index (χ0n) is 23.4. The average Bonchev–Trinajstić information content (AvgIpc) is 3.56. The van der Waals surface area contributed by atoms with E-state index in [2.05, 4.69) is 46.7 Å². The number of hydrogen-bond acceptors (Lipinski definition) is 6. The van der Waals surface area contributed by atoms with Crippen molar-refractivity contribution >= 4 is 23.6 Å². The Morgan fingerprint density at radius 1 is 0.952 bits per heavy atom. The summed E-state index contributed by atoms with van der Waals surface area (Å²) in [7, 11) is 0. The molecule has 1 aromatic heterocycles. The number of fused-ring (bicyclic) bond motifs is 1. The third-order valence-electron chi connectivity index (χ3n) is 8.39. The van der Waals surface area contributed by atoms with E-state index in [9.17, 15) is 19.8 Å². The van der Waals surface area contributed by atoms with E-state index in [1.54, 1.807) is 6.92 Å². The number of amides is 1. The Morgan fingerprint density at radius 3 is 1.95 bits per heavy atom. The third kappa shape index (κ3) is 4.44. The molecular formula is C33H32N4O4S. The van der Waals surface area contributed by atoms with Crippen LogP contribution >= 0.6 is 11.8 Å². The number of aliphatic carboxylic acids is 1. The summed E-state index contributed by atoms with van der Waals surface area (Å²) in [5, 5.41) is 29.3. The highest BCUT2D eigenvalue weighted by atomic mass is 32.2. The molecule has 6 rings (SSSR count). The van der Waals surface area contributed by atoms with E-state index in [0.29, 0.717) is 17.1 Å². The predicted molar refractivity (Wildman–Crippen MR) is 160 cm³/mol. The number of benzene rings is 3. The maximum Gasteiger partial charge on any atom is 0.353 e. The van der Waals surface area contributed by atoms with Crippen LogP contribution in [-0.2, 0) is 21.5 Å². The predicted octanol–water partition coefficient (Wildman–Crippen LogP) is 4.55. The maximum atomic E-state index is 12.7. The fourth-order valence-corrected chi connectivity index (χ4v) is 7.75. The van der Waals surface area contributed by atoms with Crippen LogP contribution < -0.4 is 0 Å². The van der Waals surface area contributed by atoms with Gasteiger partial charge in [0, 0.05) is 23.0 Å². The van der Waals surface area contributed by atoms with E-state index < -0.39 is 23.5 Å². The quantitative estimate of drug-likeness (QED) is 0.209. The molecule has 2 aliphatic rings. The molecule has 3 heterocycles. The van der Waals surface area contributed by atoms with Crippen LogP contribution in [0.1, 0.15) is 36.2 Å². The summed E-state index contributed by atoms with van der Waals surface area (Å²) in [6.07, 6.45) is 1.70. The molecule has 8 nitrogen and oxygen atoms in total. The fourth-order valence-electron chi connectivity index (χ4n) is 6.49. The van der Waals surface area contributed by atoms with E-state index >= 15 is 0 Å². The van der Waals surface area contributed by atoms with Crippen molar-refractivity contribution in [3.8, 4) is 0 Å². The molecule has 1 amide bonds. The first-order valence-corrected chi connectivity index (χ1v) is 15.0. The smallest absolute Gasteiger partial charge is 0.353 e. The Labute approximate surface area is 248 Å². The lowest BCUT2D eigenvalue weighted by molar-refractivity contribution is -0.163. The van der Waals surface area contributed by atoms with Crippen LogP contribution in [0.15, 0.2) is 108 Å². The van der Waals surface area contributed by atoms with Gasteiger partial charge in [0.25, 0.3) is 0 Å². The lowest BCUT2D eigenvalue weighted by atomic mass is 9.77. The van der Waals surface area contributed by atoms with Crippen molar-refractivity contribution in [2.24, 2.45) is 11.8 Å². The van der Waals surface area contributed by atoms with E-state index in [4.69, 9.17) is 0 Å². The number of carboxylic acids is 1. The van der Waals surface area contributed by atoms with Crippen molar-refractivity contribution in [2.45, 2.75) is 38.0 Å². The van der Waals surface area contributed by atoms with E-state index in [0.717, 1.165) is 22.4 Å². The SMILES string of the molecule is C[C@@H](O)[C@H]1C(=O)N2C(C(=O)O)=C(SCCc3cn(C(c4ccccc4)(c4ccccc4)c4ccccc4)nn3)[C@H](C)[C@H]12. The van der Waals surface area contributed by atoms with Crippen molar-refractivity contribution in [3.63, 3.8) is 0 Å². The minimum Gasteiger partial charge on any atom is -0.477 e. The molecule has 0 unspecified atom stereocenters. The van der Waals surface area contributed by atoms with Gasteiger partial charge >= 0.3 is 5.97 Å². The number of hydrogen-bond donors (Lipinski definition) is 2. The molecule has 1 saturated heterocycles. The fraction of sp³-hybridized carbons (Fsp3) is 0.273. The molecule has 1 fully saturated rings. The largest absolute Gasteiger partial charge is 0.477 e. The molecule has 0 saturated carbocycles. The van der Waals surface area contributed by atoms with Crippen molar-refractivity contribution in [1.29, 1.82) is 0 Å². The number of thioether (sulfide) groups is 1. The summed E-state index contributed by atoms with van der Waals surface area (Å²) in [6.45, 7) is 3.52. The van der Waals surface area contributed by atoms with Gasteiger partial charge in [0.15, 0.2) is 0 Å². The number of aromatic nitrogens is 3. The van der Waals surface area contributed by atoms with Crippen LogP contribution in [0, 0.1) is 11.8 Å². The minimum atomic E-state index is -1.12. The summed E-state index contributed by atoms with van der Waals surface area (Å²) in [6, 6.07) is 30.4. The number of β-lactam (4-membered cyclic amide) rings is 1. The summed E-state index contributed by atoms with van der Waals surface area (Å²) in [4.78, 5) is 26.9. The van der Waals surface area contributed by atoms with Gasteiger partial charge in [0.2, 0.25) is 5.91 Å². The molecule has 4 atom stereocenters. The Balaban J connectivity index is 1.31. The van der Waals surface area contributed by atoms with Crippen molar-refractivity contribution in [1.82, 2.24) is 19.9 Å². The van der Waals surface area contributed by atoms with Gasteiger partial charge in [-0.1, -0.05) is 103 Å². The number of aryl methyl sites for hydroxylation is 1. The second-order valence-electron chi connectivity index (χ2n) is 10.8. The van der Waals surface area contributed by atoms with Crippen molar-refractivity contribution in [3.05, 3.63) is 130 Å². The van der Waals surface area contributed by atoms with Gasteiger partial charge in [-0.2, -0.15) is 0 Å². The molecule has 0 bridgehead atoms. The van der Waals surface area contributed by atoms with Crippen LogP contribution in [-0.4, -0.2) is 59.9 Å². The van der Waals surface area contributed by atoms with E-state index in [-0.39, 0.29) is 23.6 Å². The first-order valence-electron chi connectivity index (χ1n) is 14.1. The first-order chi connectivity index (χ1) is 20.4. The Morgan fingerprint density at radius 2 is 1.48 bits per heavy atom. The van der Waals surface area contributed by atoms with Crippen LogP contribution in [0.5, 0.6) is 0 Å². The van der Waals surface area contributed by atoms with Crippen LogP contribution in [0.4, 0.5) is 0 Å². The summed E-state index contributed by atoms with van der Waals surface area (Å²) >= 11 is 1.44. The first kappa shape index (κ1) is 27.9. The molecule has 3 aromatic carbocycles. The van der Waals surface area contributed by atoms with Gasteiger partial charge in [0.05, 0.1) is 30.0 Å². The van der Waals surface area contributed by atoms with Gasteiger partial charge in [0.1, 0.15) is 11.2 Å². The minimum absolute atomic E-state index is 0.0410. The number of aliphatic hydroxyl groups is 1. The molecule has 214 valence electrons. The van der Waals surface area contributed by atoms with Gasteiger partial charge in [-0.05, 0) is 23.6 Å². The molecule has 0 radical (unpaired) electrons. The van der Waals surface area contributed by atoms with Crippen molar-refractivity contribution in [2.75, 3.05) is 5.75 Å². The molecule has 2 N–H and O–H groups in total. The standard InChI is InChI=1S/C33H32N4O4S/c1-21-28-27(22(2)38)31(39)37(28)29(32(40)41)30(21)42-19-18-26-20-36(35-34-26)33(23-12-6-3-7-13-23,24-14-8-4-9-15-24)25-16-10-5-11-17-25/h3-17,20-22,27-28,38H,18-19H2,1-2H3,(H,40,41)/t21-,22-,27-,28-/m1/s1. The summed E-state index contributed by atoms with van der Waals surface area (Å²) in [5.74, 6) is -1.62. The number of nitrogens with zero attached hydrogens (tertiary/aromatic N) is 4. The highest BCUT2D eigenvalue weighted by Gasteiger charge is 2.59. The molecule has 9 heteroatoms. The second kappa shape index (κ2) is 11.2. The zero-order chi connectivity index (χ0) is 29.4. The van der Waals surface area contributed by atoms with Crippen LogP contribution in [0.25, 0.3) is 0 Å². The third-order valence-corrected chi connectivity index (χ3v) is 9.67. The topological polar surface area (TPSA) is 109 Å². The highest BCUT2D eigenvalue weighted by Crippen LogP contribution is 2.50. The monoisotopic (exact) mass is 580 g/mol. The van der Waals surface area contributed by atoms with Crippen LogP contribution in [0.2, 0.25) is 0 Å². The Hall–Kier alpha value is -4.21. The second-order valence-corrected chi connectivity index (χ2v) is 12.0. The van der Waals surface area contributed by atoms with Gasteiger partial charge in [-0.15, -0.1) is 16.9 Å². The molecule has 2 aliphatic heterocycles. The average molecular weight is 581 g/mol. The van der Waals surface area contributed by atoms with E-state index in [1.165, 1.54) is 16.7 Å². The number of carbonyl (C=O) groups excluding carboxylic acids is 1.